The summed E-state index contributed by atoms with van der Waals surface area (Å²) in [5.41, 5.74) is 5.00. The first-order valence-electron chi connectivity index (χ1n) is 15.1. The first kappa shape index (κ1) is 28.9. The summed E-state index contributed by atoms with van der Waals surface area (Å²) in [6.45, 7) is 0. The molecule has 0 fully saturated rings. The van der Waals surface area contributed by atoms with Crippen molar-refractivity contribution in [1.29, 1.82) is 0 Å². The Hall–Kier alpha value is -5.53. The van der Waals surface area contributed by atoms with Crippen molar-refractivity contribution in [3.63, 3.8) is 0 Å². The summed E-state index contributed by atoms with van der Waals surface area (Å²) in [7, 11) is -1.39. The van der Waals surface area contributed by atoms with Crippen molar-refractivity contribution in [3.8, 4) is 22.8 Å². The van der Waals surface area contributed by atoms with Crippen LogP contribution in [0.3, 0.4) is 0 Å². The summed E-state index contributed by atoms with van der Waals surface area (Å²) in [5, 5.41) is 4.70. The fourth-order valence-corrected chi connectivity index (χ4v) is 8.90. The number of fused-ring (bicyclic) bond motifs is 4. The van der Waals surface area contributed by atoms with Gasteiger partial charge in [-0.1, -0.05) is 120 Å². The summed E-state index contributed by atoms with van der Waals surface area (Å²) in [4.78, 5) is 17.1. The van der Waals surface area contributed by atoms with Crippen molar-refractivity contribution in [2.24, 2.45) is 0 Å². The number of hydrogen-bond acceptors (Lipinski definition) is 6. The zero-order valence-electron chi connectivity index (χ0n) is 24.9. The number of ether oxygens (including phenoxy) is 1. The number of rotatable bonds is 5. The number of benzene rings is 5. The third-order valence-electron chi connectivity index (χ3n) is 8.26. The zero-order valence-corrected chi connectivity index (χ0v) is 27.1. The Balaban J connectivity index is 0.00000324. The Labute approximate surface area is 283 Å². The molecule has 1 aliphatic heterocycles. The van der Waals surface area contributed by atoms with Gasteiger partial charge >= 0.3 is 6.01 Å². The molecule has 0 unspecified atom stereocenters. The molecule has 0 atom stereocenters. The van der Waals surface area contributed by atoms with Gasteiger partial charge in [0.15, 0.2) is 31.7 Å². The van der Waals surface area contributed by atoms with E-state index < -0.39 is 8.80 Å². The number of aromatic nitrogens is 3. The van der Waals surface area contributed by atoms with E-state index in [-0.39, 0.29) is 17.1 Å². The van der Waals surface area contributed by atoms with Crippen LogP contribution < -0.4 is 25.2 Å². The van der Waals surface area contributed by atoms with E-state index in [0.29, 0.717) is 23.3 Å². The van der Waals surface area contributed by atoms with Crippen LogP contribution in [0.1, 0.15) is 0 Å². The van der Waals surface area contributed by atoms with Crippen molar-refractivity contribution in [2.45, 2.75) is 0 Å². The molecule has 0 spiro atoms. The van der Waals surface area contributed by atoms with Crippen molar-refractivity contribution in [2.75, 3.05) is 4.90 Å². The van der Waals surface area contributed by atoms with Gasteiger partial charge in [-0.25, -0.2) is 9.88 Å². The molecule has 9 rings (SSSR count). The van der Waals surface area contributed by atoms with E-state index in [1.165, 1.54) is 15.6 Å². The number of para-hydroxylation sites is 4. The summed E-state index contributed by atoms with van der Waals surface area (Å²) in [6, 6.07) is 50.1. The molecule has 0 saturated heterocycles. The van der Waals surface area contributed by atoms with Crippen LogP contribution in [0.2, 0.25) is 0 Å². The van der Waals surface area contributed by atoms with Gasteiger partial charge in [0.2, 0.25) is 0 Å². The smallest absolute Gasteiger partial charge is 0.309 e. The van der Waals surface area contributed by atoms with Crippen molar-refractivity contribution in [3.05, 3.63) is 152 Å². The molecule has 5 aromatic carbocycles. The van der Waals surface area contributed by atoms with Crippen LogP contribution in [0.25, 0.3) is 33.3 Å². The first-order valence-corrected chi connectivity index (χ1v) is 16.6. The quantitative estimate of drug-likeness (QED) is 0.140. The van der Waals surface area contributed by atoms with Gasteiger partial charge in [-0.15, -0.1) is 0 Å². The molecule has 1 aliphatic rings. The van der Waals surface area contributed by atoms with E-state index in [0.717, 1.165) is 38.9 Å². The second-order valence-corrected chi connectivity index (χ2v) is 13.5. The molecule has 0 aliphatic carbocycles. The summed E-state index contributed by atoms with van der Waals surface area (Å²) >= 11 is 0. The van der Waals surface area contributed by atoms with Gasteiger partial charge in [-0.3, -0.25) is 4.98 Å². The molecule has 8 heteroatoms. The van der Waals surface area contributed by atoms with Crippen molar-refractivity contribution >= 4 is 63.9 Å². The third kappa shape index (κ3) is 5.00. The molecule has 3 aromatic heterocycles. The molecule has 8 aromatic rings. The largest absolute Gasteiger partial charge is 0.451 e. The fourth-order valence-electron chi connectivity index (χ4n) is 6.21. The minimum absolute atomic E-state index is 0. The van der Waals surface area contributed by atoms with E-state index in [9.17, 15) is 0 Å². The van der Waals surface area contributed by atoms with Crippen LogP contribution in [-0.2, 0) is 17.1 Å². The van der Waals surface area contributed by atoms with Gasteiger partial charge in [0, 0.05) is 34.2 Å². The summed E-state index contributed by atoms with van der Waals surface area (Å²) in [5.74, 6) is 1.95. The van der Waals surface area contributed by atoms with Gasteiger partial charge in [0.1, 0.15) is 5.52 Å². The maximum Gasteiger partial charge on any atom is 0.309 e. The molecule has 47 heavy (non-hydrogen) atoms. The van der Waals surface area contributed by atoms with Gasteiger partial charge in [-0.2, -0.15) is 4.98 Å². The molecule has 0 bridgehead atoms. The number of hydrogen-bond donors (Lipinski definition) is 0. The van der Waals surface area contributed by atoms with Gasteiger partial charge in [0.25, 0.3) is 0 Å². The van der Waals surface area contributed by atoms with Gasteiger partial charge in [0.05, 0.1) is 16.9 Å². The van der Waals surface area contributed by atoms with E-state index in [2.05, 4.69) is 83.8 Å². The van der Waals surface area contributed by atoms with Crippen LogP contribution in [0, 0.1) is 0 Å². The van der Waals surface area contributed by atoms with Gasteiger partial charge < -0.3 is 9.15 Å². The Morgan fingerprint density at radius 1 is 0.596 bits per heavy atom. The Bertz CT molecular complexity index is 2330. The molecule has 0 N–H and O–H groups in total. The minimum Gasteiger partial charge on any atom is -0.451 e. The maximum absolute atomic E-state index is 6.63. The Morgan fingerprint density at radius 3 is 2.09 bits per heavy atom. The standard InChI is InChI=1S/C39H25N4O2Si.Mn/c1-3-14-27(15-4-1)46(28-16-5-2-6-17-28)35-23-12-22-33-37(35)42-39(45-33)43-31-20-7-8-21-32(31)44-34-25-26-13-11-18-29(36(26)41-38(34)43)30-19-9-10-24-40-30;/h1-25H;. The molecule has 224 valence electrons. The average molecular weight is 665 g/mol. The fraction of sp³-hybridized carbons (Fsp3) is 0. The summed E-state index contributed by atoms with van der Waals surface area (Å²) < 4.78 is 13.1. The van der Waals surface area contributed by atoms with Crippen LogP contribution in [-0.4, -0.2) is 23.7 Å². The van der Waals surface area contributed by atoms with Crippen LogP contribution in [0.5, 0.6) is 11.5 Å². The second-order valence-electron chi connectivity index (χ2n) is 11.1. The number of pyridine rings is 2. The molecular formula is C39H25MnN4O2Si. The van der Waals surface area contributed by atoms with E-state index in [4.69, 9.17) is 19.1 Å². The molecule has 0 amide bonds. The minimum atomic E-state index is -1.39. The maximum atomic E-state index is 6.63. The normalized spacial score (nSPS) is 12.0. The van der Waals surface area contributed by atoms with Crippen LogP contribution in [0.15, 0.2) is 156 Å². The SMILES string of the molecule is [Mn].c1ccc([Si](c2ccccc2)c2cccc3oc(N4c5ccccc5Oc5cc6cccc(-c7ccccn7)c6nc54)nc23)cc1. The second kappa shape index (κ2) is 12.0. The third-order valence-corrected chi connectivity index (χ3v) is 11.0. The van der Waals surface area contributed by atoms with Crippen LogP contribution in [0.4, 0.5) is 17.5 Å². The van der Waals surface area contributed by atoms with Crippen molar-refractivity contribution < 1.29 is 26.2 Å². The molecule has 6 nitrogen and oxygen atoms in total. The predicted octanol–water partition coefficient (Wildman–Crippen LogP) is 7.53. The van der Waals surface area contributed by atoms with Crippen molar-refractivity contribution in [1.82, 2.24) is 15.0 Å². The number of oxazole rings is 1. The van der Waals surface area contributed by atoms with E-state index in [1.54, 1.807) is 6.20 Å². The molecule has 0 saturated carbocycles. The van der Waals surface area contributed by atoms with E-state index in [1.807, 2.05) is 71.6 Å². The van der Waals surface area contributed by atoms with E-state index >= 15 is 0 Å². The zero-order chi connectivity index (χ0) is 30.5. The Morgan fingerprint density at radius 2 is 1.32 bits per heavy atom. The van der Waals surface area contributed by atoms with Crippen LogP contribution >= 0.6 is 0 Å². The first-order chi connectivity index (χ1) is 22.8. The molecular weight excluding hydrogens is 639 g/mol. The van der Waals surface area contributed by atoms with Gasteiger partial charge in [-0.05, 0) is 41.6 Å². The molecule has 4 heterocycles. The predicted molar refractivity (Wildman–Crippen MR) is 185 cm³/mol. The summed E-state index contributed by atoms with van der Waals surface area (Å²) in [6.07, 6.45) is 1.80. The topological polar surface area (TPSA) is 64.3 Å². The average Bonchev–Trinajstić information content (AvgIpc) is 3.56. The number of anilines is 3. The monoisotopic (exact) mass is 664 g/mol. The number of nitrogens with zero attached hydrogens (tertiary/aromatic N) is 4. The Kier molecular flexibility index (Phi) is 7.38. The molecule has 2 radical (unpaired) electrons.